The van der Waals surface area contributed by atoms with E-state index in [9.17, 15) is 4.79 Å². The van der Waals surface area contributed by atoms with Crippen molar-refractivity contribution in [2.75, 3.05) is 18.9 Å². The Morgan fingerprint density at radius 2 is 2.03 bits per heavy atom. The van der Waals surface area contributed by atoms with Crippen molar-refractivity contribution >= 4 is 22.6 Å². The van der Waals surface area contributed by atoms with Gasteiger partial charge in [0.05, 0.1) is 22.8 Å². The molecule has 3 aromatic rings. The number of nitrogens with zero attached hydrogens (tertiary/aromatic N) is 5. The molecule has 1 saturated carbocycles. The third kappa shape index (κ3) is 4.76. The molecule has 1 aliphatic rings. The second kappa shape index (κ2) is 10.1. The van der Waals surface area contributed by atoms with Crippen LogP contribution >= 0.6 is 0 Å². The lowest BCUT2D eigenvalue weighted by atomic mass is 9.84. The maximum atomic E-state index is 13.5. The topological polar surface area (TPSA) is 75.9 Å². The lowest BCUT2D eigenvalue weighted by Gasteiger charge is -2.30. The molecule has 0 bridgehead atoms. The van der Waals surface area contributed by atoms with Gasteiger partial charge in [0.25, 0.3) is 5.91 Å². The van der Waals surface area contributed by atoms with Gasteiger partial charge in [0.1, 0.15) is 0 Å². The van der Waals surface area contributed by atoms with E-state index in [1.807, 2.05) is 36.1 Å². The van der Waals surface area contributed by atoms with Gasteiger partial charge in [-0.15, -0.1) is 0 Å². The van der Waals surface area contributed by atoms with Gasteiger partial charge in [-0.05, 0) is 44.7 Å². The number of fused-ring (bicyclic) bond motifs is 1. The van der Waals surface area contributed by atoms with Crippen LogP contribution in [0.2, 0.25) is 0 Å². The van der Waals surface area contributed by atoms with Gasteiger partial charge in [-0.1, -0.05) is 25.3 Å². The van der Waals surface area contributed by atoms with Crippen LogP contribution in [0.15, 0.2) is 36.8 Å². The number of anilines is 1. The molecule has 4 rings (SSSR count). The quantitative estimate of drug-likeness (QED) is 0.563. The normalized spacial score (nSPS) is 15.6. The minimum atomic E-state index is -0.0297. The zero-order valence-electron chi connectivity index (χ0n) is 19.4. The summed E-state index contributed by atoms with van der Waals surface area (Å²) < 4.78 is 1.88. The van der Waals surface area contributed by atoms with Crippen molar-refractivity contribution in [3.05, 3.63) is 48.0 Å². The monoisotopic (exact) mass is 434 g/mol. The highest BCUT2D eigenvalue weighted by Gasteiger charge is 2.25. The number of carbonyl (C=O) groups is 1. The molecule has 7 nitrogen and oxygen atoms in total. The Hall–Kier alpha value is -2.96. The first kappa shape index (κ1) is 22.2. The summed E-state index contributed by atoms with van der Waals surface area (Å²) in [5.41, 5.74) is 3.27. The molecule has 1 atom stereocenters. The van der Waals surface area contributed by atoms with Crippen molar-refractivity contribution in [3.63, 3.8) is 0 Å². The van der Waals surface area contributed by atoms with E-state index in [0.717, 1.165) is 29.0 Å². The fourth-order valence-corrected chi connectivity index (χ4v) is 4.69. The van der Waals surface area contributed by atoms with Crippen LogP contribution in [0.1, 0.15) is 62.0 Å². The van der Waals surface area contributed by atoms with E-state index in [4.69, 9.17) is 0 Å². The number of rotatable bonds is 8. The molecule has 0 spiro atoms. The fourth-order valence-electron chi connectivity index (χ4n) is 4.69. The summed E-state index contributed by atoms with van der Waals surface area (Å²) in [6.45, 7) is 5.63. The third-order valence-electron chi connectivity index (χ3n) is 6.70. The summed E-state index contributed by atoms with van der Waals surface area (Å²) in [5, 5.41) is 9.13. The number of aromatic nitrogens is 4. The zero-order valence-corrected chi connectivity index (χ0v) is 19.4. The number of nitrogens with one attached hydrogen (secondary N) is 1. The van der Waals surface area contributed by atoms with Crippen LogP contribution in [0.3, 0.4) is 0 Å². The molecular formula is C25H34N6O. The van der Waals surface area contributed by atoms with Crippen LogP contribution in [-0.2, 0) is 13.0 Å². The minimum Gasteiger partial charge on any atom is -0.381 e. The van der Waals surface area contributed by atoms with Gasteiger partial charge in [0, 0.05) is 50.7 Å². The van der Waals surface area contributed by atoms with E-state index in [1.54, 1.807) is 17.3 Å². The number of hydrogen-bond acceptors (Lipinski definition) is 5. The summed E-state index contributed by atoms with van der Waals surface area (Å²) >= 11 is 0. The molecule has 0 aromatic carbocycles. The minimum absolute atomic E-state index is 0.0297. The predicted molar refractivity (Wildman–Crippen MR) is 128 cm³/mol. The molecule has 7 heteroatoms. The molecule has 170 valence electrons. The van der Waals surface area contributed by atoms with Crippen molar-refractivity contribution in [2.45, 2.75) is 65.0 Å². The van der Waals surface area contributed by atoms with Crippen LogP contribution < -0.4 is 5.32 Å². The Kier molecular flexibility index (Phi) is 7.02. The molecular weight excluding hydrogens is 400 g/mol. The molecule has 1 amide bonds. The summed E-state index contributed by atoms with van der Waals surface area (Å²) in [4.78, 5) is 24.2. The highest BCUT2D eigenvalue weighted by atomic mass is 16.2. The average molecular weight is 435 g/mol. The number of pyridine rings is 2. The van der Waals surface area contributed by atoms with Gasteiger partial charge in [-0.2, -0.15) is 5.10 Å². The summed E-state index contributed by atoms with van der Waals surface area (Å²) in [6, 6.07) is 6.16. The first-order chi connectivity index (χ1) is 15.6. The van der Waals surface area contributed by atoms with Gasteiger partial charge in [0.15, 0.2) is 5.65 Å². The smallest absolute Gasteiger partial charge is 0.257 e. The molecule has 0 radical (unpaired) electrons. The van der Waals surface area contributed by atoms with Crippen molar-refractivity contribution in [1.82, 2.24) is 24.6 Å². The van der Waals surface area contributed by atoms with E-state index >= 15 is 0 Å². The van der Waals surface area contributed by atoms with Gasteiger partial charge in [-0.3, -0.25) is 9.78 Å². The fraction of sp³-hybridized carbons (Fsp3) is 0.520. The Labute approximate surface area is 190 Å². The largest absolute Gasteiger partial charge is 0.381 e. The molecule has 32 heavy (non-hydrogen) atoms. The summed E-state index contributed by atoms with van der Waals surface area (Å²) in [5.74, 6) is 0.593. The second-order valence-electron chi connectivity index (χ2n) is 8.87. The number of amides is 1. The SMILES string of the molecule is CCn1ncc2c(NC(C)C3CCCCC3)c(C(=O)N(C)CCc3ccccn3)cnc21. The number of carbonyl (C=O) groups excluding carboxylic acids is 1. The Bertz CT molecular complexity index is 1040. The van der Waals surface area contributed by atoms with Crippen LogP contribution in [0.25, 0.3) is 11.0 Å². The van der Waals surface area contributed by atoms with E-state index in [2.05, 4.69) is 34.2 Å². The Morgan fingerprint density at radius 1 is 1.22 bits per heavy atom. The third-order valence-corrected chi connectivity index (χ3v) is 6.70. The van der Waals surface area contributed by atoms with Crippen molar-refractivity contribution in [1.29, 1.82) is 0 Å². The summed E-state index contributed by atoms with van der Waals surface area (Å²) in [7, 11) is 1.85. The Balaban J connectivity index is 1.60. The molecule has 1 unspecified atom stereocenters. The molecule has 3 aromatic heterocycles. The maximum absolute atomic E-state index is 13.5. The van der Waals surface area contributed by atoms with Gasteiger partial charge in [0.2, 0.25) is 0 Å². The van der Waals surface area contributed by atoms with Crippen LogP contribution in [0.5, 0.6) is 0 Å². The van der Waals surface area contributed by atoms with Crippen LogP contribution in [0, 0.1) is 5.92 Å². The Morgan fingerprint density at radius 3 is 2.75 bits per heavy atom. The molecule has 1 aliphatic carbocycles. The van der Waals surface area contributed by atoms with Gasteiger partial charge >= 0.3 is 0 Å². The zero-order chi connectivity index (χ0) is 22.5. The van der Waals surface area contributed by atoms with Crippen LogP contribution in [0.4, 0.5) is 5.69 Å². The lowest BCUT2D eigenvalue weighted by molar-refractivity contribution is 0.0797. The average Bonchev–Trinajstić information content (AvgIpc) is 3.27. The van der Waals surface area contributed by atoms with Crippen molar-refractivity contribution in [2.24, 2.45) is 5.92 Å². The maximum Gasteiger partial charge on any atom is 0.257 e. The molecule has 1 N–H and O–H groups in total. The van der Waals surface area contributed by atoms with Crippen molar-refractivity contribution in [3.8, 4) is 0 Å². The highest BCUT2D eigenvalue weighted by molar-refractivity contribution is 6.06. The van der Waals surface area contributed by atoms with Gasteiger partial charge < -0.3 is 10.2 Å². The van der Waals surface area contributed by atoms with Gasteiger partial charge in [-0.25, -0.2) is 9.67 Å². The summed E-state index contributed by atoms with van der Waals surface area (Å²) in [6.07, 6.45) is 12.4. The van der Waals surface area contributed by atoms with E-state index < -0.39 is 0 Å². The number of hydrogen-bond donors (Lipinski definition) is 1. The second-order valence-corrected chi connectivity index (χ2v) is 8.87. The molecule has 1 fully saturated rings. The standard InChI is InChI=1S/C25H34N6O/c1-4-31-24-21(17-28-31)23(29-18(2)19-10-6-5-7-11-19)22(16-27-24)25(32)30(3)15-13-20-12-8-9-14-26-20/h8-9,12,14,16-19H,4-7,10-11,13,15H2,1-3H3,(H,27,29). The highest BCUT2D eigenvalue weighted by Crippen LogP contribution is 2.32. The lowest BCUT2D eigenvalue weighted by Crippen LogP contribution is -2.32. The molecule has 0 aliphatic heterocycles. The number of likely N-dealkylation sites (N-methyl/N-ethyl adjacent to an activating group) is 1. The van der Waals surface area contributed by atoms with E-state index in [0.29, 0.717) is 24.4 Å². The first-order valence-electron chi connectivity index (χ1n) is 11.8. The molecule has 3 heterocycles. The van der Waals surface area contributed by atoms with E-state index in [1.165, 1.54) is 32.1 Å². The van der Waals surface area contributed by atoms with E-state index in [-0.39, 0.29) is 11.9 Å². The first-order valence-corrected chi connectivity index (χ1v) is 11.8. The van der Waals surface area contributed by atoms with Crippen molar-refractivity contribution < 1.29 is 4.79 Å². The van der Waals surface area contributed by atoms with Crippen LogP contribution in [-0.4, -0.2) is 50.2 Å². The predicted octanol–water partition coefficient (Wildman–Crippen LogP) is 4.54. The molecule has 0 saturated heterocycles. The number of aryl methyl sites for hydroxylation is 1.